The van der Waals surface area contributed by atoms with Gasteiger partial charge in [0.15, 0.2) is 0 Å². The Hall–Kier alpha value is -1.44. The lowest BCUT2D eigenvalue weighted by atomic mass is 10.3. The first-order valence-corrected chi connectivity index (χ1v) is 7.60. The standard InChI is InChI=1S/C14H18BrN3O3/c15-11-3-1-2-4-12(11)17-14(20)13(19)16-5-6-18-7-9-21-10-8-18/h1-4H,5-10H2,(H,16,19)(H,17,20). The number of benzene rings is 1. The molecule has 0 saturated carbocycles. The third-order valence-corrected chi connectivity index (χ3v) is 3.84. The van der Waals surface area contributed by atoms with Crippen LogP contribution in [-0.2, 0) is 14.3 Å². The van der Waals surface area contributed by atoms with Gasteiger partial charge in [0, 0.05) is 30.7 Å². The lowest BCUT2D eigenvalue weighted by Crippen LogP contribution is -2.43. The highest BCUT2D eigenvalue weighted by molar-refractivity contribution is 9.10. The van der Waals surface area contributed by atoms with Gasteiger partial charge >= 0.3 is 11.8 Å². The Bertz CT molecular complexity index is 504. The summed E-state index contributed by atoms with van der Waals surface area (Å²) in [5.41, 5.74) is 0.575. The second kappa shape index (κ2) is 8.11. The van der Waals surface area contributed by atoms with Gasteiger partial charge in [0.2, 0.25) is 0 Å². The number of carbonyl (C=O) groups excluding carboxylic acids is 2. The van der Waals surface area contributed by atoms with Gasteiger partial charge in [-0.25, -0.2) is 0 Å². The number of ether oxygens (including phenoxy) is 1. The van der Waals surface area contributed by atoms with Crippen LogP contribution < -0.4 is 10.6 Å². The number of hydrogen-bond donors (Lipinski definition) is 2. The average molecular weight is 356 g/mol. The third-order valence-electron chi connectivity index (χ3n) is 3.15. The molecule has 1 aromatic carbocycles. The van der Waals surface area contributed by atoms with Crippen LogP contribution in [0.3, 0.4) is 0 Å². The van der Waals surface area contributed by atoms with Crippen molar-refractivity contribution in [2.24, 2.45) is 0 Å². The van der Waals surface area contributed by atoms with Gasteiger partial charge in [-0.05, 0) is 28.1 Å². The highest BCUT2D eigenvalue weighted by Crippen LogP contribution is 2.20. The topological polar surface area (TPSA) is 70.7 Å². The van der Waals surface area contributed by atoms with E-state index in [1.807, 2.05) is 6.07 Å². The summed E-state index contributed by atoms with van der Waals surface area (Å²) >= 11 is 3.31. The Kier molecular flexibility index (Phi) is 6.16. The van der Waals surface area contributed by atoms with E-state index < -0.39 is 11.8 Å². The maximum absolute atomic E-state index is 11.8. The fourth-order valence-electron chi connectivity index (χ4n) is 1.97. The molecule has 2 N–H and O–H groups in total. The SMILES string of the molecule is O=C(NCCN1CCOCC1)C(=O)Nc1ccccc1Br. The first-order chi connectivity index (χ1) is 10.2. The van der Waals surface area contributed by atoms with E-state index in [-0.39, 0.29) is 0 Å². The minimum atomic E-state index is -0.663. The molecule has 2 rings (SSSR count). The molecule has 1 saturated heterocycles. The molecule has 1 aliphatic rings. The van der Waals surface area contributed by atoms with Crippen molar-refractivity contribution in [1.29, 1.82) is 0 Å². The van der Waals surface area contributed by atoms with Crippen LogP contribution in [0.15, 0.2) is 28.7 Å². The zero-order valence-corrected chi connectivity index (χ0v) is 13.2. The molecule has 0 radical (unpaired) electrons. The Morgan fingerprint density at radius 2 is 1.90 bits per heavy atom. The fourth-order valence-corrected chi connectivity index (χ4v) is 2.36. The van der Waals surface area contributed by atoms with Crippen LogP contribution in [0, 0.1) is 0 Å². The molecule has 1 aliphatic heterocycles. The van der Waals surface area contributed by atoms with Gasteiger partial charge in [0.25, 0.3) is 0 Å². The average Bonchev–Trinajstić information content (AvgIpc) is 2.50. The van der Waals surface area contributed by atoms with Crippen molar-refractivity contribution in [2.45, 2.75) is 0 Å². The number of para-hydroxylation sites is 1. The van der Waals surface area contributed by atoms with Crippen LogP contribution in [0.5, 0.6) is 0 Å². The number of anilines is 1. The molecule has 0 atom stereocenters. The van der Waals surface area contributed by atoms with E-state index in [0.717, 1.165) is 37.3 Å². The van der Waals surface area contributed by atoms with Gasteiger partial charge in [0.1, 0.15) is 0 Å². The molecule has 21 heavy (non-hydrogen) atoms. The monoisotopic (exact) mass is 355 g/mol. The number of nitrogens with one attached hydrogen (secondary N) is 2. The summed E-state index contributed by atoms with van der Waals surface area (Å²) < 4.78 is 5.98. The molecule has 2 amide bonds. The molecular formula is C14H18BrN3O3. The van der Waals surface area contributed by atoms with Crippen LogP contribution in [0.25, 0.3) is 0 Å². The molecule has 0 unspecified atom stereocenters. The van der Waals surface area contributed by atoms with Crippen LogP contribution in [0.2, 0.25) is 0 Å². The van der Waals surface area contributed by atoms with Crippen molar-refractivity contribution in [2.75, 3.05) is 44.7 Å². The predicted molar refractivity (Wildman–Crippen MR) is 83.0 cm³/mol. The second-order valence-corrected chi connectivity index (χ2v) is 5.50. The second-order valence-electron chi connectivity index (χ2n) is 4.64. The Labute approximate surface area is 132 Å². The highest BCUT2D eigenvalue weighted by Gasteiger charge is 2.15. The van der Waals surface area contributed by atoms with Crippen molar-refractivity contribution in [3.8, 4) is 0 Å². The van der Waals surface area contributed by atoms with Crippen LogP contribution in [0.4, 0.5) is 5.69 Å². The van der Waals surface area contributed by atoms with E-state index in [0.29, 0.717) is 12.2 Å². The normalized spacial score (nSPS) is 15.5. The van der Waals surface area contributed by atoms with Gasteiger partial charge in [-0.3, -0.25) is 14.5 Å². The van der Waals surface area contributed by atoms with Gasteiger partial charge in [-0.1, -0.05) is 12.1 Å². The zero-order valence-electron chi connectivity index (χ0n) is 11.6. The Morgan fingerprint density at radius 1 is 1.19 bits per heavy atom. The maximum atomic E-state index is 11.8. The van der Waals surface area contributed by atoms with Gasteiger partial charge in [-0.2, -0.15) is 0 Å². The molecule has 1 heterocycles. The van der Waals surface area contributed by atoms with Crippen LogP contribution in [0.1, 0.15) is 0 Å². The molecule has 0 bridgehead atoms. The van der Waals surface area contributed by atoms with Crippen molar-refractivity contribution in [1.82, 2.24) is 10.2 Å². The maximum Gasteiger partial charge on any atom is 0.313 e. The third kappa shape index (κ3) is 5.11. The van der Waals surface area contributed by atoms with E-state index >= 15 is 0 Å². The lowest BCUT2D eigenvalue weighted by molar-refractivity contribution is -0.136. The van der Waals surface area contributed by atoms with E-state index in [2.05, 4.69) is 31.5 Å². The van der Waals surface area contributed by atoms with E-state index in [4.69, 9.17) is 4.74 Å². The van der Waals surface area contributed by atoms with E-state index in [9.17, 15) is 9.59 Å². The highest BCUT2D eigenvalue weighted by atomic mass is 79.9. The van der Waals surface area contributed by atoms with Crippen molar-refractivity contribution in [3.63, 3.8) is 0 Å². The molecule has 1 fully saturated rings. The molecule has 114 valence electrons. The van der Waals surface area contributed by atoms with Crippen LogP contribution in [-0.4, -0.2) is 56.1 Å². The number of halogens is 1. The predicted octanol–water partition coefficient (Wildman–Crippen LogP) is 0.836. The Morgan fingerprint density at radius 3 is 2.62 bits per heavy atom. The van der Waals surface area contributed by atoms with E-state index in [1.165, 1.54) is 0 Å². The summed E-state index contributed by atoms with van der Waals surface area (Å²) in [5.74, 6) is -1.29. The fraction of sp³-hybridized carbons (Fsp3) is 0.429. The summed E-state index contributed by atoms with van der Waals surface area (Å²) in [6, 6.07) is 7.15. The summed E-state index contributed by atoms with van der Waals surface area (Å²) in [4.78, 5) is 25.7. The number of hydrogen-bond acceptors (Lipinski definition) is 4. The van der Waals surface area contributed by atoms with Crippen molar-refractivity contribution >= 4 is 33.4 Å². The number of morpholine rings is 1. The van der Waals surface area contributed by atoms with Gasteiger partial charge in [-0.15, -0.1) is 0 Å². The molecule has 0 aromatic heterocycles. The van der Waals surface area contributed by atoms with Gasteiger partial charge < -0.3 is 15.4 Å². The van der Waals surface area contributed by atoms with Crippen molar-refractivity contribution < 1.29 is 14.3 Å². The first kappa shape index (κ1) is 15.9. The molecule has 0 aliphatic carbocycles. The Balaban J connectivity index is 1.72. The smallest absolute Gasteiger partial charge is 0.313 e. The van der Waals surface area contributed by atoms with Crippen molar-refractivity contribution in [3.05, 3.63) is 28.7 Å². The summed E-state index contributed by atoms with van der Waals surface area (Å²) in [6.07, 6.45) is 0. The minimum Gasteiger partial charge on any atom is -0.379 e. The summed E-state index contributed by atoms with van der Waals surface area (Å²) in [5, 5.41) is 5.19. The zero-order chi connectivity index (χ0) is 15.1. The number of nitrogens with zero attached hydrogens (tertiary/aromatic N) is 1. The largest absolute Gasteiger partial charge is 0.379 e. The summed E-state index contributed by atoms with van der Waals surface area (Å²) in [7, 11) is 0. The number of carbonyl (C=O) groups is 2. The van der Waals surface area contributed by atoms with Gasteiger partial charge in [0.05, 0.1) is 18.9 Å². The molecule has 7 heteroatoms. The summed E-state index contributed by atoms with van der Waals surface area (Å²) in [6.45, 7) is 4.32. The lowest BCUT2D eigenvalue weighted by Gasteiger charge is -2.26. The minimum absolute atomic E-state index is 0.447. The number of amides is 2. The molecule has 1 aromatic rings. The van der Waals surface area contributed by atoms with E-state index in [1.54, 1.807) is 18.2 Å². The molecule has 0 spiro atoms. The number of rotatable bonds is 4. The van der Waals surface area contributed by atoms with Crippen LogP contribution >= 0.6 is 15.9 Å². The quantitative estimate of drug-likeness (QED) is 0.785. The molecular weight excluding hydrogens is 338 g/mol. The first-order valence-electron chi connectivity index (χ1n) is 6.80. The molecule has 6 nitrogen and oxygen atoms in total.